The van der Waals surface area contributed by atoms with Gasteiger partial charge >= 0.3 is 0 Å². The fraction of sp³-hybridized carbons (Fsp3) is 0.190. The van der Waals surface area contributed by atoms with Crippen LogP contribution in [0.2, 0.25) is 0 Å². The summed E-state index contributed by atoms with van der Waals surface area (Å²) in [5.41, 5.74) is 4.49. The van der Waals surface area contributed by atoms with Crippen LogP contribution in [-0.2, 0) is 4.79 Å². The third-order valence-electron chi connectivity index (χ3n) is 3.74. The lowest BCUT2D eigenvalue weighted by Crippen LogP contribution is -2.17. The van der Waals surface area contributed by atoms with Crippen molar-refractivity contribution in [1.29, 1.82) is 0 Å². The zero-order valence-electron chi connectivity index (χ0n) is 14.2. The van der Waals surface area contributed by atoms with Crippen LogP contribution in [0.3, 0.4) is 0 Å². The number of amides is 1. The van der Waals surface area contributed by atoms with E-state index in [-0.39, 0.29) is 5.91 Å². The number of allylic oxidation sites excluding steroid dienone is 1. The van der Waals surface area contributed by atoms with Crippen molar-refractivity contribution in [2.75, 3.05) is 17.2 Å². The third kappa shape index (κ3) is 6.24. The Hall–Kier alpha value is -2.33. The van der Waals surface area contributed by atoms with Gasteiger partial charge in [-0.05, 0) is 36.1 Å². The molecule has 0 aliphatic heterocycles. The van der Waals surface area contributed by atoms with Gasteiger partial charge in [0, 0.05) is 28.8 Å². The number of nitrogens with one attached hydrogen (secondary N) is 2. The molecule has 0 atom stereocenters. The first-order valence-electron chi connectivity index (χ1n) is 8.22. The second-order valence-electron chi connectivity index (χ2n) is 5.77. The topological polar surface area (TPSA) is 41.1 Å². The highest BCUT2D eigenvalue weighted by atomic mass is 79.9. The van der Waals surface area contributed by atoms with Gasteiger partial charge in [0.15, 0.2) is 0 Å². The Labute approximate surface area is 158 Å². The fourth-order valence-electron chi connectivity index (χ4n) is 2.35. The minimum atomic E-state index is -0.135. The molecule has 4 heteroatoms. The molecule has 0 aliphatic carbocycles. The summed E-state index contributed by atoms with van der Waals surface area (Å²) in [5, 5.41) is 6.84. The fourth-order valence-corrected chi connectivity index (χ4v) is 2.55. The van der Waals surface area contributed by atoms with Crippen LogP contribution >= 0.6 is 15.9 Å². The molecule has 0 radical (unpaired) electrons. The molecule has 2 rings (SSSR count). The first-order valence-corrected chi connectivity index (χ1v) is 9.34. The lowest BCUT2D eigenvalue weighted by Gasteiger charge is -2.10. The molecule has 0 fully saturated rings. The Morgan fingerprint density at radius 2 is 1.72 bits per heavy atom. The molecule has 0 saturated carbocycles. The predicted octanol–water partition coefficient (Wildman–Crippen LogP) is 5.13. The quantitative estimate of drug-likeness (QED) is 0.349. The minimum Gasteiger partial charge on any atom is -0.388 e. The first-order chi connectivity index (χ1) is 12.1. The Kier molecular flexibility index (Phi) is 7.48. The third-order valence-corrected chi connectivity index (χ3v) is 4.42. The summed E-state index contributed by atoms with van der Waals surface area (Å²) >= 11 is 3.34. The molecule has 0 spiro atoms. The number of hydrogen-bond donors (Lipinski definition) is 2. The van der Waals surface area contributed by atoms with Crippen molar-refractivity contribution in [3.63, 3.8) is 0 Å². The van der Waals surface area contributed by atoms with E-state index in [0.717, 1.165) is 40.8 Å². The Morgan fingerprint density at radius 1 is 1.00 bits per heavy atom. The summed E-state index contributed by atoms with van der Waals surface area (Å²) in [6.45, 7) is 8.53. The minimum absolute atomic E-state index is 0.135. The summed E-state index contributed by atoms with van der Waals surface area (Å²) < 4.78 is 0. The van der Waals surface area contributed by atoms with Crippen molar-refractivity contribution in [1.82, 2.24) is 5.32 Å². The Morgan fingerprint density at radius 3 is 2.44 bits per heavy atom. The molecule has 3 nitrogen and oxygen atoms in total. The average Bonchev–Trinajstić information content (AvgIpc) is 2.65. The highest BCUT2D eigenvalue weighted by Crippen LogP contribution is 2.22. The van der Waals surface area contributed by atoms with E-state index in [1.54, 1.807) is 0 Å². The Bertz CT molecular complexity index is 741. The van der Waals surface area contributed by atoms with E-state index >= 15 is 0 Å². The number of anilines is 1. The van der Waals surface area contributed by atoms with E-state index in [1.165, 1.54) is 0 Å². The molecular weight excluding hydrogens is 376 g/mol. The number of hydrogen-bond acceptors (Lipinski definition) is 2. The molecule has 1 amide bonds. The molecule has 2 N–H and O–H groups in total. The summed E-state index contributed by atoms with van der Waals surface area (Å²) in [7, 11) is 0. The van der Waals surface area contributed by atoms with Gasteiger partial charge in [-0.15, -0.1) is 0 Å². The van der Waals surface area contributed by atoms with Crippen molar-refractivity contribution in [3.05, 3.63) is 79.0 Å². The van der Waals surface area contributed by atoms with Gasteiger partial charge in [0.2, 0.25) is 0 Å². The predicted molar refractivity (Wildman–Crippen MR) is 110 cm³/mol. The van der Waals surface area contributed by atoms with Crippen molar-refractivity contribution in [2.45, 2.75) is 12.8 Å². The SMILES string of the molecule is C=C(CBr)NCCCC(=C)C(=O)Nc1cccc(-c2ccccc2)c1. The average molecular weight is 399 g/mol. The number of halogens is 1. The van der Waals surface area contributed by atoms with Crippen LogP contribution in [0.1, 0.15) is 12.8 Å². The van der Waals surface area contributed by atoms with Gasteiger partial charge in [-0.1, -0.05) is 71.6 Å². The first kappa shape index (κ1) is 19.0. The molecule has 0 bridgehead atoms. The van der Waals surface area contributed by atoms with Crippen LogP contribution in [0.25, 0.3) is 11.1 Å². The molecule has 2 aromatic rings. The van der Waals surface area contributed by atoms with Crippen LogP contribution < -0.4 is 10.6 Å². The summed E-state index contributed by atoms with van der Waals surface area (Å²) in [6, 6.07) is 17.9. The number of alkyl halides is 1. The van der Waals surface area contributed by atoms with Gasteiger partial charge in [-0.3, -0.25) is 4.79 Å². The molecule has 0 heterocycles. The van der Waals surface area contributed by atoms with Crippen molar-refractivity contribution < 1.29 is 4.79 Å². The van der Waals surface area contributed by atoms with E-state index in [9.17, 15) is 4.79 Å². The van der Waals surface area contributed by atoms with E-state index in [4.69, 9.17) is 0 Å². The van der Waals surface area contributed by atoms with Crippen molar-refractivity contribution in [2.24, 2.45) is 0 Å². The lowest BCUT2D eigenvalue weighted by molar-refractivity contribution is -0.113. The van der Waals surface area contributed by atoms with Gasteiger partial charge in [-0.2, -0.15) is 0 Å². The monoisotopic (exact) mass is 398 g/mol. The molecule has 0 saturated heterocycles. The zero-order valence-corrected chi connectivity index (χ0v) is 15.8. The highest BCUT2D eigenvalue weighted by molar-refractivity contribution is 9.09. The maximum atomic E-state index is 12.3. The van der Waals surface area contributed by atoms with Crippen molar-refractivity contribution >= 4 is 27.5 Å². The Balaban J connectivity index is 1.88. The second-order valence-corrected chi connectivity index (χ2v) is 6.33. The van der Waals surface area contributed by atoms with Gasteiger partial charge in [-0.25, -0.2) is 0 Å². The maximum absolute atomic E-state index is 12.3. The normalized spacial score (nSPS) is 10.1. The molecule has 2 aromatic carbocycles. The molecule has 0 aliphatic rings. The van der Waals surface area contributed by atoms with Gasteiger partial charge in [0.05, 0.1) is 0 Å². The molecule has 130 valence electrons. The lowest BCUT2D eigenvalue weighted by atomic mass is 10.1. The summed E-state index contributed by atoms with van der Waals surface area (Å²) in [6.07, 6.45) is 1.48. The van der Waals surface area contributed by atoms with E-state index in [2.05, 4.69) is 39.7 Å². The molecule has 0 aromatic heterocycles. The largest absolute Gasteiger partial charge is 0.388 e. The second kappa shape index (κ2) is 9.84. The zero-order chi connectivity index (χ0) is 18.1. The van der Waals surface area contributed by atoms with Gasteiger partial charge in [0.1, 0.15) is 0 Å². The van der Waals surface area contributed by atoms with Crippen LogP contribution in [-0.4, -0.2) is 17.8 Å². The molecule has 25 heavy (non-hydrogen) atoms. The number of rotatable bonds is 9. The van der Waals surface area contributed by atoms with Gasteiger partial charge in [0.25, 0.3) is 5.91 Å². The maximum Gasteiger partial charge on any atom is 0.250 e. The molecule has 0 unspecified atom stereocenters. The molecular formula is C21H23BrN2O. The van der Waals surface area contributed by atoms with E-state index < -0.39 is 0 Å². The van der Waals surface area contributed by atoms with Crippen LogP contribution in [0.4, 0.5) is 5.69 Å². The van der Waals surface area contributed by atoms with E-state index in [0.29, 0.717) is 12.0 Å². The number of carbonyl (C=O) groups excluding carboxylic acids is 1. The van der Waals surface area contributed by atoms with Crippen LogP contribution in [0.15, 0.2) is 79.0 Å². The number of carbonyl (C=O) groups is 1. The van der Waals surface area contributed by atoms with Crippen LogP contribution in [0, 0.1) is 0 Å². The summed E-state index contributed by atoms with van der Waals surface area (Å²) in [4.78, 5) is 12.3. The summed E-state index contributed by atoms with van der Waals surface area (Å²) in [5.74, 6) is -0.135. The van der Waals surface area contributed by atoms with Crippen molar-refractivity contribution in [3.8, 4) is 11.1 Å². The highest BCUT2D eigenvalue weighted by Gasteiger charge is 2.08. The smallest absolute Gasteiger partial charge is 0.250 e. The van der Waals surface area contributed by atoms with Gasteiger partial charge < -0.3 is 10.6 Å². The van der Waals surface area contributed by atoms with Crippen LogP contribution in [0.5, 0.6) is 0 Å². The number of benzene rings is 2. The standard InChI is InChI=1S/C21H23BrN2O/c1-16(8-7-13-23-17(2)15-22)21(25)24-20-12-6-11-19(14-20)18-9-4-3-5-10-18/h3-6,9-12,14,23H,1-2,7-8,13,15H2,(H,24,25). The van der Waals surface area contributed by atoms with E-state index in [1.807, 2.05) is 54.6 Å².